The Morgan fingerprint density at radius 2 is 1.76 bits per heavy atom. The average Bonchev–Trinajstić information content (AvgIpc) is 2.23. The molecule has 0 radical (unpaired) electrons. The van der Waals surface area contributed by atoms with Crippen LogP contribution in [0.3, 0.4) is 0 Å². The largest absolute Gasteiger partial charge is 0.478 e. The van der Waals surface area contributed by atoms with Gasteiger partial charge in [-0.25, -0.2) is 0 Å². The second-order valence-electron chi connectivity index (χ2n) is 4.60. The molecular formula is C12H20N4O. The van der Waals surface area contributed by atoms with Gasteiger partial charge in [-0.15, -0.1) is 0 Å². The highest BCUT2D eigenvalue weighted by Gasteiger charge is 2.37. The minimum atomic E-state index is 0.133. The molecular weight excluding hydrogens is 216 g/mol. The van der Waals surface area contributed by atoms with Gasteiger partial charge in [0, 0.05) is 6.07 Å². The van der Waals surface area contributed by atoms with Crippen molar-refractivity contribution in [3.63, 3.8) is 0 Å². The molecule has 4 N–H and O–H groups in total. The smallest absolute Gasteiger partial charge is 0.225 e. The van der Waals surface area contributed by atoms with Gasteiger partial charge in [-0.1, -0.05) is 0 Å². The Labute approximate surface area is 102 Å². The van der Waals surface area contributed by atoms with Crippen LogP contribution < -0.4 is 16.2 Å². The molecule has 2 aliphatic rings. The number of nitrogens with two attached hydrogens (primary N) is 2. The molecule has 0 atom stereocenters. The van der Waals surface area contributed by atoms with Gasteiger partial charge in [-0.2, -0.15) is 9.97 Å². The second-order valence-corrected chi connectivity index (χ2v) is 4.60. The molecule has 2 saturated carbocycles. The zero-order valence-electron chi connectivity index (χ0n) is 10.2. The molecule has 0 unspecified atom stereocenters. The molecule has 0 bridgehead atoms. The number of nitrogen functional groups attached to an aromatic ring is 2. The van der Waals surface area contributed by atoms with Crippen molar-refractivity contribution in [2.75, 3.05) is 18.1 Å². The van der Waals surface area contributed by atoms with Gasteiger partial charge in [-0.05, 0) is 44.4 Å². The maximum absolute atomic E-state index is 5.38. The molecule has 5 nitrogen and oxygen atoms in total. The SMILES string of the molecule is C1CC2CCC12.CCOc1cc(N)nc(N)n1. The van der Waals surface area contributed by atoms with Crippen LogP contribution in [-0.2, 0) is 0 Å². The maximum Gasteiger partial charge on any atom is 0.225 e. The molecule has 17 heavy (non-hydrogen) atoms. The number of hydrogen-bond acceptors (Lipinski definition) is 5. The van der Waals surface area contributed by atoms with Crippen LogP contribution in [0.5, 0.6) is 5.88 Å². The van der Waals surface area contributed by atoms with E-state index in [2.05, 4.69) is 9.97 Å². The third-order valence-corrected chi connectivity index (χ3v) is 3.52. The number of fused-ring (bicyclic) bond motifs is 1. The molecule has 0 spiro atoms. The number of hydrogen-bond donors (Lipinski definition) is 2. The van der Waals surface area contributed by atoms with Gasteiger partial charge in [-0.3, -0.25) is 0 Å². The first kappa shape index (κ1) is 12.0. The number of aromatic nitrogens is 2. The maximum atomic E-state index is 5.38. The predicted molar refractivity (Wildman–Crippen MR) is 67.5 cm³/mol. The van der Waals surface area contributed by atoms with Crippen molar-refractivity contribution < 1.29 is 4.74 Å². The Kier molecular flexibility index (Phi) is 3.66. The molecule has 5 heteroatoms. The molecule has 2 aliphatic carbocycles. The van der Waals surface area contributed by atoms with Gasteiger partial charge in [0.2, 0.25) is 11.8 Å². The monoisotopic (exact) mass is 236 g/mol. The lowest BCUT2D eigenvalue weighted by molar-refractivity contribution is 0.0548. The Bertz CT molecular complexity index is 345. The summed E-state index contributed by atoms with van der Waals surface area (Å²) in [6.07, 6.45) is 6.24. The van der Waals surface area contributed by atoms with E-state index in [1.165, 1.54) is 17.9 Å². The highest BCUT2D eigenvalue weighted by molar-refractivity contribution is 5.38. The van der Waals surface area contributed by atoms with Crippen LogP contribution in [0.15, 0.2) is 6.07 Å². The third kappa shape index (κ3) is 2.99. The van der Waals surface area contributed by atoms with E-state index in [-0.39, 0.29) is 5.95 Å². The van der Waals surface area contributed by atoms with Crippen molar-refractivity contribution in [3.8, 4) is 5.88 Å². The average molecular weight is 236 g/mol. The van der Waals surface area contributed by atoms with E-state index < -0.39 is 0 Å². The summed E-state index contributed by atoms with van der Waals surface area (Å²) in [6.45, 7) is 2.39. The van der Waals surface area contributed by atoms with Crippen LogP contribution in [0.4, 0.5) is 11.8 Å². The minimum Gasteiger partial charge on any atom is -0.478 e. The van der Waals surface area contributed by atoms with Crippen LogP contribution in [0.25, 0.3) is 0 Å². The van der Waals surface area contributed by atoms with Crippen molar-refractivity contribution in [2.45, 2.75) is 32.6 Å². The Morgan fingerprint density at radius 3 is 2.12 bits per heavy atom. The van der Waals surface area contributed by atoms with Gasteiger partial charge >= 0.3 is 0 Å². The molecule has 0 amide bonds. The van der Waals surface area contributed by atoms with Crippen molar-refractivity contribution in [1.82, 2.24) is 9.97 Å². The van der Waals surface area contributed by atoms with Crippen molar-refractivity contribution in [2.24, 2.45) is 11.8 Å². The van der Waals surface area contributed by atoms with Crippen molar-refractivity contribution in [1.29, 1.82) is 0 Å². The molecule has 0 aromatic carbocycles. The van der Waals surface area contributed by atoms with Gasteiger partial charge in [0.25, 0.3) is 0 Å². The fourth-order valence-electron chi connectivity index (χ4n) is 2.25. The van der Waals surface area contributed by atoms with Gasteiger partial charge in [0.15, 0.2) is 0 Å². The summed E-state index contributed by atoms with van der Waals surface area (Å²) >= 11 is 0. The normalized spacial score (nSPS) is 24.5. The van der Waals surface area contributed by atoms with Gasteiger partial charge < -0.3 is 16.2 Å². The van der Waals surface area contributed by atoms with Crippen LogP contribution in [-0.4, -0.2) is 16.6 Å². The zero-order valence-corrected chi connectivity index (χ0v) is 10.2. The first-order valence-electron chi connectivity index (χ1n) is 6.22. The standard InChI is InChI=1S/C6H10N4O.C6H10/c1-2-11-5-3-4(7)9-6(8)10-5;1-2-6-4-3-5(1)6/h3H,2H2,1H3,(H4,7,8,9,10);5-6H,1-4H2. The van der Waals surface area contributed by atoms with E-state index >= 15 is 0 Å². The number of nitrogens with zero attached hydrogens (tertiary/aromatic N) is 2. The van der Waals surface area contributed by atoms with E-state index in [1.807, 2.05) is 6.92 Å². The lowest BCUT2D eigenvalue weighted by Gasteiger charge is -2.46. The first-order valence-corrected chi connectivity index (χ1v) is 6.22. The van der Waals surface area contributed by atoms with E-state index in [0.717, 1.165) is 0 Å². The third-order valence-electron chi connectivity index (χ3n) is 3.52. The van der Waals surface area contributed by atoms with E-state index in [9.17, 15) is 0 Å². The summed E-state index contributed by atoms with van der Waals surface area (Å²) in [5.74, 6) is 3.29. The predicted octanol–water partition coefficient (Wildman–Crippen LogP) is 1.85. The van der Waals surface area contributed by atoms with Crippen LogP contribution in [0.1, 0.15) is 32.6 Å². The Balaban J connectivity index is 0.000000148. The molecule has 1 aromatic rings. The number of anilines is 2. The number of rotatable bonds is 2. The summed E-state index contributed by atoms with van der Waals surface area (Å²) < 4.78 is 5.06. The molecule has 2 fully saturated rings. The van der Waals surface area contributed by atoms with E-state index in [1.54, 1.807) is 25.7 Å². The van der Waals surface area contributed by atoms with Gasteiger partial charge in [0.05, 0.1) is 6.61 Å². The Morgan fingerprint density at radius 1 is 1.18 bits per heavy atom. The second kappa shape index (κ2) is 5.21. The zero-order chi connectivity index (χ0) is 12.3. The van der Waals surface area contributed by atoms with Crippen LogP contribution in [0, 0.1) is 11.8 Å². The highest BCUT2D eigenvalue weighted by Crippen LogP contribution is 2.49. The van der Waals surface area contributed by atoms with E-state index in [0.29, 0.717) is 18.3 Å². The van der Waals surface area contributed by atoms with Crippen LogP contribution in [0.2, 0.25) is 0 Å². The van der Waals surface area contributed by atoms with Crippen molar-refractivity contribution >= 4 is 11.8 Å². The quantitative estimate of drug-likeness (QED) is 0.818. The fourth-order valence-corrected chi connectivity index (χ4v) is 2.25. The summed E-state index contributed by atoms with van der Waals surface area (Å²) in [5.41, 5.74) is 10.7. The summed E-state index contributed by atoms with van der Waals surface area (Å²) in [6, 6.07) is 1.53. The molecule has 1 aromatic heterocycles. The molecule has 0 aliphatic heterocycles. The number of ether oxygens (including phenoxy) is 1. The lowest BCUT2D eigenvalue weighted by Crippen LogP contribution is -2.34. The molecule has 0 saturated heterocycles. The fraction of sp³-hybridized carbons (Fsp3) is 0.667. The summed E-state index contributed by atoms with van der Waals surface area (Å²) in [7, 11) is 0. The molecule has 3 rings (SSSR count). The topological polar surface area (TPSA) is 87.0 Å². The Hall–Kier alpha value is -1.52. The van der Waals surface area contributed by atoms with Crippen LogP contribution >= 0.6 is 0 Å². The summed E-state index contributed by atoms with van der Waals surface area (Å²) in [4.78, 5) is 7.47. The first-order chi connectivity index (χ1) is 8.19. The van der Waals surface area contributed by atoms with E-state index in [4.69, 9.17) is 16.2 Å². The highest BCUT2D eigenvalue weighted by atomic mass is 16.5. The van der Waals surface area contributed by atoms with Gasteiger partial charge in [0.1, 0.15) is 5.82 Å². The van der Waals surface area contributed by atoms with Crippen molar-refractivity contribution in [3.05, 3.63) is 6.07 Å². The minimum absolute atomic E-state index is 0.133. The molecule has 1 heterocycles. The lowest BCUT2D eigenvalue weighted by atomic mass is 9.60. The summed E-state index contributed by atoms with van der Waals surface area (Å²) in [5, 5.41) is 0. The molecule has 94 valence electrons.